The Balaban J connectivity index is 1.25. The average Bonchev–Trinajstić information content (AvgIpc) is 3.48. The average molecular weight is 517 g/mol. The minimum Gasteiger partial charge on any atom is -0.487 e. The molecule has 2 aliphatic rings. The molecule has 2 aliphatic heterocycles. The number of carbonyl (C=O) groups is 3. The largest absolute Gasteiger partial charge is 0.487 e. The molecule has 3 heterocycles. The van der Waals surface area contributed by atoms with E-state index in [1.54, 1.807) is 31.5 Å². The summed E-state index contributed by atoms with van der Waals surface area (Å²) in [5.41, 5.74) is 11.0. The Morgan fingerprint density at radius 2 is 2.11 bits per heavy atom. The first-order chi connectivity index (χ1) is 18.5. The SMILES string of the molecule is COCCn1ccc2cc(N/C=C(/COc3cccc4c3CN(C3CCC(=O)NC3=O)C4=O)N=N)ccc21. The highest BCUT2D eigenvalue weighted by Gasteiger charge is 2.40. The maximum atomic E-state index is 13.0. The first kappa shape index (κ1) is 25.2. The molecule has 0 saturated carbocycles. The molecule has 3 amide bonds. The highest BCUT2D eigenvalue weighted by Crippen LogP contribution is 2.33. The summed E-state index contributed by atoms with van der Waals surface area (Å²) in [5, 5.41) is 10.1. The van der Waals surface area contributed by atoms with Crippen molar-refractivity contribution in [1.82, 2.24) is 14.8 Å². The van der Waals surface area contributed by atoms with Crippen molar-refractivity contribution in [3.05, 3.63) is 71.7 Å². The van der Waals surface area contributed by atoms with E-state index in [-0.39, 0.29) is 31.4 Å². The summed E-state index contributed by atoms with van der Waals surface area (Å²) in [4.78, 5) is 38.3. The highest BCUT2D eigenvalue weighted by molar-refractivity contribution is 6.05. The zero-order chi connectivity index (χ0) is 26.6. The lowest BCUT2D eigenvalue weighted by molar-refractivity contribution is -0.136. The molecule has 0 aliphatic carbocycles. The first-order valence-corrected chi connectivity index (χ1v) is 12.3. The monoisotopic (exact) mass is 516 g/mol. The lowest BCUT2D eigenvalue weighted by Crippen LogP contribution is -2.52. The second-order valence-electron chi connectivity index (χ2n) is 9.14. The standard InChI is InChI=1S/C27H28N6O5/c1-37-12-11-32-10-9-17-13-18(5-6-22(17)32)29-14-19(31-28)16-38-24-4-2-3-20-21(24)15-33(27(20)36)23-7-8-25(34)30-26(23)35/h2-6,9-10,13-14,23,28-29H,7-8,11-12,15-16H2,1H3,(H,30,34,35)/b19-14-,31-28?. The van der Waals surface area contributed by atoms with E-state index in [1.807, 2.05) is 30.5 Å². The zero-order valence-corrected chi connectivity index (χ0v) is 20.9. The van der Waals surface area contributed by atoms with Gasteiger partial charge in [0.15, 0.2) is 0 Å². The van der Waals surface area contributed by atoms with Crippen molar-refractivity contribution in [2.24, 2.45) is 5.11 Å². The third-order valence-electron chi connectivity index (χ3n) is 6.77. The molecule has 3 N–H and O–H groups in total. The van der Waals surface area contributed by atoms with Crippen LogP contribution < -0.4 is 15.4 Å². The van der Waals surface area contributed by atoms with Gasteiger partial charge in [0.2, 0.25) is 11.8 Å². The molecule has 3 aromatic rings. The van der Waals surface area contributed by atoms with Gasteiger partial charge in [0.25, 0.3) is 5.91 Å². The van der Waals surface area contributed by atoms with Gasteiger partial charge in [-0.1, -0.05) is 6.07 Å². The van der Waals surface area contributed by atoms with E-state index in [0.29, 0.717) is 35.6 Å². The molecule has 0 spiro atoms. The summed E-state index contributed by atoms with van der Waals surface area (Å²) in [6.07, 6.45) is 4.12. The predicted octanol–water partition coefficient (Wildman–Crippen LogP) is 3.41. The third kappa shape index (κ3) is 5.00. The third-order valence-corrected chi connectivity index (χ3v) is 6.77. The Labute approximate surface area is 218 Å². The Kier molecular flexibility index (Phi) is 7.18. The molecule has 1 aromatic heterocycles. The van der Waals surface area contributed by atoms with Gasteiger partial charge < -0.3 is 24.3 Å². The van der Waals surface area contributed by atoms with Gasteiger partial charge in [0.05, 0.1) is 13.2 Å². The van der Waals surface area contributed by atoms with Crippen LogP contribution in [0.5, 0.6) is 5.75 Å². The van der Waals surface area contributed by atoms with E-state index in [4.69, 9.17) is 15.0 Å². The Morgan fingerprint density at radius 1 is 1.24 bits per heavy atom. The minimum atomic E-state index is -0.697. The summed E-state index contributed by atoms with van der Waals surface area (Å²) in [6.45, 7) is 1.62. The van der Waals surface area contributed by atoms with Crippen molar-refractivity contribution in [2.75, 3.05) is 25.6 Å². The van der Waals surface area contributed by atoms with Crippen LogP contribution in [0, 0.1) is 5.53 Å². The lowest BCUT2D eigenvalue weighted by Gasteiger charge is -2.29. The van der Waals surface area contributed by atoms with Crippen molar-refractivity contribution in [3.8, 4) is 5.75 Å². The molecule has 2 aromatic carbocycles. The number of nitrogens with one attached hydrogen (secondary N) is 3. The number of anilines is 1. The molecule has 0 bridgehead atoms. The number of carbonyl (C=O) groups excluding carboxylic acids is 3. The van der Waals surface area contributed by atoms with Gasteiger partial charge in [-0.25, -0.2) is 5.53 Å². The van der Waals surface area contributed by atoms with Gasteiger partial charge in [-0.3, -0.25) is 19.7 Å². The van der Waals surface area contributed by atoms with Crippen LogP contribution in [-0.2, 0) is 27.4 Å². The van der Waals surface area contributed by atoms with Crippen LogP contribution in [0.15, 0.2) is 65.7 Å². The number of aromatic nitrogens is 1. The van der Waals surface area contributed by atoms with E-state index < -0.39 is 11.9 Å². The van der Waals surface area contributed by atoms with E-state index >= 15 is 0 Å². The number of benzene rings is 2. The Morgan fingerprint density at radius 3 is 2.89 bits per heavy atom. The number of rotatable bonds is 10. The molecule has 1 atom stereocenters. The number of ether oxygens (including phenoxy) is 2. The predicted molar refractivity (Wildman–Crippen MR) is 139 cm³/mol. The summed E-state index contributed by atoms with van der Waals surface area (Å²) < 4.78 is 13.2. The molecular weight excluding hydrogens is 488 g/mol. The van der Waals surface area contributed by atoms with Crippen LogP contribution in [0.25, 0.3) is 10.9 Å². The molecule has 11 nitrogen and oxygen atoms in total. The molecular formula is C27H28N6O5. The number of imide groups is 1. The fourth-order valence-corrected chi connectivity index (χ4v) is 4.79. The lowest BCUT2D eigenvalue weighted by atomic mass is 10.0. The molecule has 0 radical (unpaired) electrons. The van der Waals surface area contributed by atoms with E-state index in [2.05, 4.69) is 20.3 Å². The number of hydrogen-bond donors (Lipinski definition) is 3. The van der Waals surface area contributed by atoms with E-state index in [1.165, 1.54) is 4.90 Å². The van der Waals surface area contributed by atoms with Crippen LogP contribution in [0.1, 0.15) is 28.8 Å². The van der Waals surface area contributed by atoms with Crippen molar-refractivity contribution < 1.29 is 23.9 Å². The van der Waals surface area contributed by atoms with Crippen LogP contribution in [-0.4, -0.2) is 53.6 Å². The maximum Gasteiger partial charge on any atom is 0.255 e. The second kappa shape index (κ2) is 10.9. The Hall–Kier alpha value is -4.51. The van der Waals surface area contributed by atoms with Gasteiger partial charge in [-0.15, -0.1) is 0 Å². The molecule has 11 heteroatoms. The summed E-state index contributed by atoms with van der Waals surface area (Å²) in [7, 11) is 1.68. The van der Waals surface area contributed by atoms with Crippen LogP contribution in [0.3, 0.4) is 0 Å². The highest BCUT2D eigenvalue weighted by atomic mass is 16.5. The molecule has 196 valence electrons. The molecule has 1 fully saturated rings. The number of piperidine rings is 1. The zero-order valence-electron chi connectivity index (χ0n) is 20.9. The minimum absolute atomic E-state index is 0.00913. The second-order valence-corrected chi connectivity index (χ2v) is 9.14. The van der Waals surface area contributed by atoms with Crippen LogP contribution in [0.4, 0.5) is 5.69 Å². The maximum absolute atomic E-state index is 13.0. The summed E-state index contributed by atoms with van der Waals surface area (Å²) in [6, 6.07) is 12.5. The van der Waals surface area contributed by atoms with Crippen LogP contribution in [0.2, 0.25) is 0 Å². The van der Waals surface area contributed by atoms with Crippen molar-refractivity contribution >= 4 is 34.3 Å². The van der Waals surface area contributed by atoms with Gasteiger partial charge in [-0.05, 0) is 42.8 Å². The molecule has 38 heavy (non-hydrogen) atoms. The summed E-state index contributed by atoms with van der Waals surface area (Å²) >= 11 is 0. The van der Waals surface area contributed by atoms with Gasteiger partial charge in [0, 0.05) is 60.2 Å². The topological polar surface area (TPSA) is 138 Å². The normalized spacial score (nSPS) is 17.5. The quantitative estimate of drug-likeness (QED) is 0.279. The number of nitrogens with zero attached hydrogens (tertiary/aromatic N) is 3. The van der Waals surface area contributed by atoms with Crippen molar-refractivity contribution in [1.29, 1.82) is 5.53 Å². The molecule has 5 rings (SSSR count). The van der Waals surface area contributed by atoms with Crippen molar-refractivity contribution in [3.63, 3.8) is 0 Å². The van der Waals surface area contributed by atoms with Crippen LogP contribution >= 0.6 is 0 Å². The smallest absolute Gasteiger partial charge is 0.255 e. The first-order valence-electron chi connectivity index (χ1n) is 12.3. The van der Waals surface area contributed by atoms with Crippen molar-refractivity contribution in [2.45, 2.75) is 32.0 Å². The van der Waals surface area contributed by atoms with E-state index in [9.17, 15) is 14.4 Å². The summed E-state index contributed by atoms with van der Waals surface area (Å²) in [5.74, 6) is -0.571. The Bertz CT molecular complexity index is 1440. The number of fused-ring (bicyclic) bond motifs is 2. The number of amides is 3. The number of methoxy groups -OCH3 is 1. The van der Waals surface area contributed by atoms with E-state index in [0.717, 1.165) is 23.1 Å². The van der Waals surface area contributed by atoms with Gasteiger partial charge >= 0.3 is 0 Å². The van der Waals surface area contributed by atoms with Gasteiger partial charge in [0.1, 0.15) is 24.1 Å². The molecule has 1 saturated heterocycles. The fraction of sp³-hybridized carbons (Fsp3) is 0.296. The van der Waals surface area contributed by atoms with Gasteiger partial charge in [-0.2, -0.15) is 5.11 Å². The fourth-order valence-electron chi connectivity index (χ4n) is 4.79. The molecule has 1 unspecified atom stereocenters. The number of hydrogen-bond acceptors (Lipinski definition) is 8.